The first-order valence-electron chi connectivity index (χ1n) is 8.37. The number of nitrogens with one attached hydrogen (secondary N) is 1. The number of ketones is 1. The van der Waals surface area contributed by atoms with Crippen molar-refractivity contribution in [2.75, 3.05) is 23.4 Å². The van der Waals surface area contributed by atoms with Crippen LogP contribution >= 0.6 is 11.3 Å². The summed E-state index contributed by atoms with van der Waals surface area (Å²) in [5.41, 5.74) is 0.246. The smallest absolute Gasteiger partial charge is 0.412 e. The fraction of sp³-hybridized carbons (Fsp3) is 0.316. The molecule has 0 radical (unpaired) electrons. The van der Waals surface area contributed by atoms with Gasteiger partial charge in [-0.2, -0.15) is 0 Å². The second kappa shape index (κ2) is 7.40. The van der Waals surface area contributed by atoms with Crippen molar-refractivity contribution in [1.82, 2.24) is 0 Å². The minimum Gasteiger partial charge on any atom is -0.482 e. The maximum atomic E-state index is 12.4. The fourth-order valence-electron chi connectivity index (χ4n) is 2.53. The number of rotatable bonds is 4. The number of anilines is 2. The van der Waals surface area contributed by atoms with Gasteiger partial charge in [0.2, 0.25) is 0 Å². The summed E-state index contributed by atoms with van der Waals surface area (Å²) in [5, 5.41) is 4.44. The number of hydrogen-bond donors (Lipinski definition) is 1. The van der Waals surface area contributed by atoms with Crippen LogP contribution in [0.4, 0.5) is 16.2 Å². The van der Waals surface area contributed by atoms with Crippen LogP contribution < -0.4 is 15.0 Å². The molecule has 1 N–H and O–H groups in total. The number of amides is 2. The molecule has 0 spiro atoms. The molecule has 1 aromatic heterocycles. The van der Waals surface area contributed by atoms with Gasteiger partial charge in [-0.25, -0.2) is 4.79 Å². The second-order valence-corrected chi connectivity index (χ2v) is 7.93. The number of carbonyl (C=O) groups is 3. The maximum Gasteiger partial charge on any atom is 0.412 e. The summed E-state index contributed by atoms with van der Waals surface area (Å²) in [6.07, 6.45) is -0.605. The Hall–Kier alpha value is -2.87. The van der Waals surface area contributed by atoms with Crippen molar-refractivity contribution in [3.05, 3.63) is 40.6 Å². The Kier molecular flexibility index (Phi) is 5.18. The Balaban J connectivity index is 1.81. The standard InChI is InChI=1S/C19H20N2O5S/c1-19(2,3)26-18(24)20-12-6-7-15-13(9-12)21(17(23)11-25-15)10-14(22)16-5-4-8-27-16/h4-9H,10-11H2,1-3H3,(H,20,24). The molecule has 1 aliphatic heterocycles. The lowest BCUT2D eigenvalue weighted by atomic mass is 10.2. The molecule has 0 aliphatic carbocycles. The lowest BCUT2D eigenvalue weighted by Gasteiger charge is -2.29. The van der Waals surface area contributed by atoms with Gasteiger partial charge in [0.25, 0.3) is 5.91 Å². The van der Waals surface area contributed by atoms with Crippen LogP contribution in [-0.4, -0.2) is 36.5 Å². The number of thiophene rings is 1. The summed E-state index contributed by atoms with van der Waals surface area (Å²) in [4.78, 5) is 38.7. The van der Waals surface area contributed by atoms with Gasteiger partial charge in [0.1, 0.15) is 11.4 Å². The SMILES string of the molecule is CC(C)(C)OC(=O)Nc1ccc2c(c1)N(CC(=O)c1cccs1)C(=O)CO2. The van der Waals surface area contributed by atoms with E-state index in [0.29, 0.717) is 22.0 Å². The molecule has 2 amide bonds. The zero-order valence-corrected chi connectivity index (χ0v) is 16.1. The van der Waals surface area contributed by atoms with Crippen molar-refractivity contribution < 1.29 is 23.9 Å². The highest BCUT2D eigenvalue weighted by atomic mass is 32.1. The Bertz CT molecular complexity index is 871. The summed E-state index contributed by atoms with van der Waals surface area (Å²) < 4.78 is 10.7. The van der Waals surface area contributed by atoms with E-state index in [-0.39, 0.29) is 24.8 Å². The molecule has 0 unspecified atom stereocenters. The van der Waals surface area contributed by atoms with Gasteiger partial charge in [-0.15, -0.1) is 11.3 Å². The second-order valence-electron chi connectivity index (χ2n) is 6.98. The van der Waals surface area contributed by atoms with E-state index in [2.05, 4.69) is 5.32 Å². The van der Waals surface area contributed by atoms with Crippen molar-refractivity contribution in [3.63, 3.8) is 0 Å². The van der Waals surface area contributed by atoms with Crippen LogP contribution in [0.2, 0.25) is 0 Å². The van der Waals surface area contributed by atoms with Gasteiger partial charge in [0.05, 0.1) is 17.1 Å². The van der Waals surface area contributed by atoms with Crippen LogP contribution in [0.3, 0.4) is 0 Å². The van der Waals surface area contributed by atoms with Crippen LogP contribution in [0.15, 0.2) is 35.7 Å². The van der Waals surface area contributed by atoms with E-state index in [1.54, 1.807) is 51.1 Å². The molecule has 2 aromatic rings. The van der Waals surface area contributed by atoms with Gasteiger partial charge >= 0.3 is 6.09 Å². The summed E-state index contributed by atoms with van der Waals surface area (Å²) in [5.74, 6) is 0.00171. The fourth-order valence-corrected chi connectivity index (χ4v) is 3.19. The zero-order chi connectivity index (χ0) is 19.6. The first-order chi connectivity index (χ1) is 12.7. The molecule has 8 heteroatoms. The van der Waals surface area contributed by atoms with Gasteiger partial charge in [-0.3, -0.25) is 19.8 Å². The molecule has 0 atom stereocenters. The Labute approximate surface area is 160 Å². The molecule has 0 fully saturated rings. The number of nitrogens with zero attached hydrogens (tertiary/aromatic N) is 1. The van der Waals surface area contributed by atoms with Crippen molar-refractivity contribution >= 4 is 40.5 Å². The van der Waals surface area contributed by atoms with Crippen LogP contribution in [0.25, 0.3) is 0 Å². The third-order valence-corrected chi connectivity index (χ3v) is 4.56. The zero-order valence-electron chi connectivity index (χ0n) is 15.3. The highest BCUT2D eigenvalue weighted by Gasteiger charge is 2.28. The van der Waals surface area contributed by atoms with Crippen LogP contribution in [0, 0.1) is 0 Å². The summed E-state index contributed by atoms with van der Waals surface area (Å²) in [7, 11) is 0. The first-order valence-corrected chi connectivity index (χ1v) is 9.25. The van der Waals surface area contributed by atoms with Gasteiger partial charge in [0.15, 0.2) is 12.4 Å². The monoisotopic (exact) mass is 388 g/mol. The van der Waals surface area contributed by atoms with Gasteiger partial charge < -0.3 is 9.47 Å². The third-order valence-electron chi connectivity index (χ3n) is 3.64. The number of fused-ring (bicyclic) bond motifs is 1. The highest BCUT2D eigenvalue weighted by Crippen LogP contribution is 2.35. The average Bonchev–Trinajstić information content (AvgIpc) is 3.10. The number of benzene rings is 1. The first kappa shape index (κ1) is 18.9. The normalized spacial score (nSPS) is 13.6. The Morgan fingerprint density at radius 1 is 1.30 bits per heavy atom. The number of ether oxygens (including phenoxy) is 2. The minimum absolute atomic E-state index is 0.0917. The predicted molar refractivity (Wildman–Crippen MR) is 103 cm³/mol. The molecule has 1 aromatic carbocycles. The van der Waals surface area contributed by atoms with E-state index in [1.807, 2.05) is 5.38 Å². The van der Waals surface area contributed by atoms with E-state index in [9.17, 15) is 14.4 Å². The number of hydrogen-bond acceptors (Lipinski definition) is 6. The van der Waals surface area contributed by atoms with Gasteiger partial charge in [0, 0.05) is 5.69 Å². The summed E-state index contributed by atoms with van der Waals surface area (Å²) >= 11 is 1.33. The molecule has 1 aliphatic rings. The Morgan fingerprint density at radius 2 is 2.07 bits per heavy atom. The number of carbonyl (C=O) groups excluding carboxylic acids is 3. The summed E-state index contributed by atoms with van der Waals surface area (Å²) in [6.45, 7) is 5.08. The highest BCUT2D eigenvalue weighted by molar-refractivity contribution is 7.12. The van der Waals surface area contributed by atoms with Crippen LogP contribution in [0.1, 0.15) is 30.4 Å². The molecular formula is C19H20N2O5S. The van der Waals surface area contributed by atoms with E-state index in [1.165, 1.54) is 16.2 Å². The average molecular weight is 388 g/mol. The molecule has 0 saturated heterocycles. The van der Waals surface area contributed by atoms with Crippen molar-refractivity contribution in [3.8, 4) is 5.75 Å². The van der Waals surface area contributed by atoms with Gasteiger partial charge in [-0.05, 0) is 50.4 Å². The van der Waals surface area contributed by atoms with Crippen molar-refractivity contribution in [2.45, 2.75) is 26.4 Å². The third kappa shape index (κ3) is 4.65. The molecule has 2 heterocycles. The van der Waals surface area contributed by atoms with Crippen LogP contribution in [-0.2, 0) is 9.53 Å². The molecule has 0 bridgehead atoms. The lowest BCUT2D eigenvalue weighted by molar-refractivity contribution is -0.121. The summed E-state index contributed by atoms with van der Waals surface area (Å²) in [6, 6.07) is 8.40. The molecule has 3 rings (SSSR count). The maximum absolute atomic E-state index is 12.4. The van der Waals surface area contributed by atoms with Gasteiger partial charge in [-0.1, -0.05) is 6.07 Å². The van der Waals surface area contributed by atoms with E-state index in [0.717, 1.165) is 0 Å². The van der Waals surface area contributed by atoms with E-state index >= 15 is 0 Å². The van der Waals surface area contributed by atoms with Crippen LogP contribution in [0.5, 0.6) is 5.75 Å². The van der Waals surface area contributed by atoms with E-state index in [4.69, 9.17) is 9.47 Å². The van der Waals surface area contributed by atoms with E-state index < -0.39 is 11.7 Å². The molecule has 142 valence electrons. The number of Topliss-reactive ketones (excluding diaryl/α,β-unsaturated/α-hetero) is 1. The van der Waals surface area contributed by atoms with Crippen molar-refractivity contribution in [1.29, 1.82) is 0 Å². The predicted octanol–water partition coefficient (Wildman–Crippen LogP) is 3.70. The molecule has 7 nitrogen and oxygen atoms in total. The largest absolute Gasteiger partial charge is 0.482 e. The topological polar surface area (TPSA) is 84.9 Å². The Morgan fingerprint density at radius 3 is 2.74 bits per heavy atom. The minimum atomic E-state index is -0.628. The quantitative estimate of drug-likeness (QED) is 0.807. The molecular weight excluding hydrogens is 368 g/mol. The lowest BCUT2D eigenvalue weighted by Crippen LogP contribution is -2.42. The molecule has 0 saturated carbocycles. The van der Waals surface area contributed by atoms with Crippen molar-refractivity contribution in [2.24, 2.45) is 0 Å². The molecule has 27 heavy (non-hydrogen) atoms.